The Labute approximate surface area is 240 Å². The van der Waals surface area contributed by atoms with Crippen molar-refractivity contribution in [1.82, 2.24) is 9.97 Å². The summed E-state index contributed by atoms with van der Waals surface area (Å²) >= 11 is 2.70. The van der Waals surface area contributed by atoms with Gasteiger partial charge in [0, 0.05) is 33.3 Å². The fraction of sp³-hybridized carbons (Fsp3) is 0.312. The lowest BCUT2D eigenvalue weighted by molar-refractivity contribution is 0.103. The Morgan fingerprint density at radius 3 is 1.52 bits per heavy atom. The summed E-state index contributed by atoms with van der Waals surface area (Å²) in [4.78, 5) is 39.3. The van der Waals surface area contributed by atoms with Crippen LogP contribution < -0.4 is 11.5 Å². The van der Waals surface area contributed by atoms with E-state index < -0.39 is 0 Å². The van der Waals surface area contributed by atoms with Gasteiger partial charge in [-0.2, -0.15) is 0 Å². The number of fused-ring (bicyclic) bond motifs is 4. The van der Waals surface area contributed by atoms with Gasteiger partial charge in [0.05, 0.1) is 11.4 Å². The highest BCUT2D eigenvalue weighted by Crippen LogP contribution is 2.39. The minimum atomic E-state index is -0.156. The maximum absolute atomic E-state index is 13.5. The van der Waals surface area contributed by atoms with Crippen LogP contribution in [0, 0.1) is 11.8 Å². The molecule has 0 unspecified atom stereocenters. The fourth-order valence-corrected chi connectivity index (χ4v) is 8.23. The number of rotatable bonds is 4. The van der Waals surface area contributed by atoms with Crippen molar-refractivity contribution in [3.63, 3.8) is 0 Å². The van der Waals surface area contributed by atoms with Crippen LogP contribution in [0.2, 0.25) is 0 Å². The smallest absolute Gasteiger partial charge is 0.205 e. The van der Waals surface area contributed by atoms with E-state index in [2.05, 4.69) is 26.0 Å². The quantitative estimate of drug-likeness (QED) is 0.232. The number of hydrogen-bond donors (Lipinski definition) is 2. The minimum Gasteiger partial charge on any atom is -0.397 e. The number of aryl methyl sites for hydroxylation is 2. The third-order valence-electron chi connectivity index (χ3n) is 8.49. The van der Waals surface area contributed by atoms with Crippen LogP contribution in [-0.4, -0.2) is 21.5 Å². The summed E-state index contributed by atoms with van der Waals surface area (Å²) in [6, 6.07) is 11.0. The summed E-state index contributed by atoms with van der Waals surface area (Å²) in [6.45, 7) is 4.51. The molecule has 4 heterocycles. The second-order valence-electron chi connectivity index (χ2n) is 11.5. The van der Waals surface area contributed by atoms with E-state index in [4.69, 9.17) is 21.4 Å². The Morgan fingerprint density at radius 1 is 0.725 bits per heavy atom. The molecule has 40 heavy (non-hydrogen) atoms. The first-order chi connectivity index (χ1) is 19.3. The monoisotopic (exact) mass is 566 g/mol. The SMILES string of the molecule is C[C@@H]1CCc2nc3sc(C(=O)c4ccc(C(=O)c5sc6nc7c(cc6c5N)C[C@H](C)CC7)cc4)c(N)c3cc2C1. The summed E-state index contributed by atoms with van der Waals surface area (Å²) in [5.41, 5.74) is 19.6. The molecule has 0 bridgehead atoms. The van der Waals surface area contributed by atoms with E-state index in [0.29, 0.717) is 44.1 Å². The van der Waals surface area contributed by atoms with E-state index in [1.807, 2.05) is 0 Å². The highest BCUT2D eigenvalue weighted by atomic mass is 32.1. The normalized spacial score (nSPS) is 18.6. The maximum Gasteiger partial charge on any atom is 0.205 e. The molecule has 4 N–H and O–H groups in total. The number of nitrogens with two attached hydrogens (primary N) is 2. The maximum atomic E-state index is 13.5. The molecule has 0 fully saturated rings. The first-order valence-corrected chi connectivity index (χ1v) is 15.5. The van der Waals surface area contributed by atoms with Crippen molar-refractivity contribution in [2.45, 2.75) is 52.4 Å². The van der Waals surface area contributed by atoms with Gasteiger partial charge in [-0.25, -0.2) is 9.97 Å². The van der Waals surface area contributed by atoms with Gasteiger partial charge in [-0.3, -0.25) is 9.59 Å². The van der Waals surface area contributed by atoms with Crippen molar-refractivity contribution in [2.24, 2.45) is 11.8 Å². The van der Waals surface area contributed by atoms with Crippen LogP contribution in [0.4, 0.5) is 11.4 Å². The number of ketones is 2. The first-order valence-electron chi connectivity index (χ1n) is 13.9. The molecule has 6 nitrogen and oxygen atoms in total. The van der Waals surface area contributed by atoms with Crippen molar-refractivity contribution >= 4 is 66.0 Å². The number of hydrogen-bond acceptors (Lipinski definition) is 8. The van der Waals surface area contributed by atoms with E-state index in [1.165, 1.54) is 33.8 Å². The van der Waals surface area contributed by atoms with E-state index in [0.717, 1.165) is 70.3 Å². The van der Waals surface area contributed by atoms with E-state index in [-0.39, 0.29) is 11.6 Å². The van der Waals surface area contributed by atoms with Gasteiger partial charge in [-0.1, -0.05) is 38.1 Å². The van der Waals surface area contributed by atoms with Crippen molar-refractivity contribution in [1.29, 1.82) is 0 Å². The second kappa shape index (κ2) is 9.49. The van der Waals surface area contributed by atoms with Crippen molar-refractivity contribution < 1.29 is 9.59 Å². The highest BCUT2D eigenvalue weighted by molar-refractivity contribution is 7.21. The van der Waals surface area contributed by atoms with Crippen molar-refractivity contribution in [3.8, 4) is 0 Å². The molecule has 2 aliphatic carbocycles. The number of carbonyl (C=O) groups excluding carboxylic acids is 2. The number of nitrogen functional groups attached to an aromatic ring is 2. The number of anilines is 2. The van der Waals surface area contributed by atoms with Gasteiger partial charge in [0.2, 0.25) is 11.6 Å². The molecular weight excluding hydrogens is 537 g/mol. The lowest BCUT2D eigenvalue weighted by Crippen LogP contribution is -2.12. The first kappa shape index (κ1) is 25.4. The Hall–Kier alpha value is -3.62. The Balaban J connectivity index is 1.17. The van der Waals surface area contributed by atoms with Gasteiger partial charge in [0.15, 0.2) is 0 Å². The zero-order valence-electron chi connectivity index (χ0n) is 22.5. The Bertz CT molecular complexity index is 1720. The van der Waals surface area contributed by atoms with Gasteiger partial charge in [-0.05, 0) is 73.6 Å². The van der Waals surface area contributed by atoms with Crippen LogP contribution >= 0.6 is 22.7 Å². The number of thiophene rings is 2. The molecule has 7 rings (SSSR count). The predicted molar refractivity (Wildman–Crippen MR) is 164 cm³/mol. The molecule has 2 aliphatic rings. The van der Waals surface area contributed by atoms with Gasteiger partial charge in [0.25, 0.3) is 0 Å². The number of aromatic nitrogens is 2. The average Bonchev–Trinajstić information content (AvgIpc) is 3.45. The molecule has 202 valence electrons. The molecule has 0 radical (unpaired) electrons. The highest BCUT2D eigenvalue weighted by Gasteiger charge is 2.25. The zero-order chi connectivity index (χ0) is 27.7. The van der Waals surface area contributed by atoms with Gasteiger partial charge in [-0.15, -0.1) is 22.7 Å². The van der Waals surface area contributed by atoms with Crippen LogP contribution in [0.25, 0.3) is 20.4 Å². The number of carbonyl (C=O) groups is 2. The molecule has 0 spiro atoms. The Morgan fingerprint density at radius 2 is 1.12 bits per heavy atom. The molecule has 8 heteroatoms. The summed E-state index contributed by atoms with van der Waals surface area (Å²) < 4.78 is 0. The largest absolute Gasteiger partial charge is 0.397 e. The van der Waals surface area contributed by atoms with E-state index in [1.54, 1.807) is 24.3 Å². The summed E-state index contributed by atoms with van der Waals surface area (Å²) in [5, 5.41) is 1.72. The molecule has 2 atom stereocenters. The molecule has 0 saturated heterocycles. The molecule has 1 aromatic carbocycles. The molecule has 4 aromatic heterocycles. The topological polar surface area (TPSA) is 112 Å². The van der Waals surface area contributed by atoms with E-state index >= 15 is 0 Å². The van der Waals surface area contributed by atoms with E-state index in [9.17, 15) is 9.59 Å². The summed E-state index contributed by atoms with van der Waals surface area (Å²) in [7, 11) is 0. The van der Waals surface area contributed by atoms with Gasteiger partial charge < -0.3 is 11.5 Å². The second-order valence-corrected chi connectivity index (χ2v) is 13.5. The molecule has 5 aromatic rings. The summed E-state index contributed by atoms with van der Waals surface area (Å²) in [6.07, 6.45) is 6.18. The minimum absolute atomic E-state index is 0.156. The lowest BCUT2D eigenvalue weighted by atomic mass is 9.87. The number of benzene rings is 1. The lowest BCUT2D eigenvalue weighted by Gasteiger charge is -2.20. The van der Waals surface area contributed by atoms with Crippen LogP contribution in [0.1, 0.15) is 79.7 Å². The average molecular weight is 567 g/mol. The molecule has 0 amide bonds. The van der Waals surface area contributed by atoms with Crippen molar-refractivity contribution in [2.75, 3.05) is 11.5 Å². The van der Waals surface area contributed by atoms with Crippen LogP contribution in [0.3, 0.4) is 0 Å². The van der Waals surface area contributed by atoms with Gasteiger partial charge in [0.1, 0.15) is 19.4 Å². The predicted octanol–water partition coefficient (Wildman–Crippen LogP) is 6.78. The molecule has 0 aliphatic heterocycles. The number of nitrogens with zero attached hydrogens (tertiary/aromatic N) is 2. The third-order valence-corrected chi connectivity index (χ3v) is 10.7. The fourth-order valence-electron chi connectivity index (χ4n) is 6.12. The zero-order valence-corrected chi connectivity index (χ0v) is 24.2. The Kier molecular flexibility index (Phi) is 6.02. The summed E-state index contributed by atoms with van der Waals surface area (Å²) in [5.74, 6) is 0.942. The number of pyridine rings is 2. The van der Waals surface area contributed by atoms with Crippen molar-refractivity contribution in [3.05, 3.63) is 79.8 Å². The van der Waals surface area contributed by atoms with Crippen LogP contribution in [0.5, 0.6) is 0 Å². The standard InChI is InChI=1S/C32H30N4O2S2/c1-15-3-9-23-19(11-15)13-21-25(33)29(39-31(21)35-23)27(37)17-5-7-18(8-6-17)28(38)30-26(34)22-14-20-12-16(2)4-10-24(20)36-32(22)40-30/h5-8,13-16H,3-4,9-12,33-34H2,1-2H3/t15-,16-/m1/s1. The van der Waals surface area contributed by atoms with Gasteiger partial charge >= 0.3 is 0 Å². The van der Waals surface area contributed by atoms with Crippen LogP contribution in [-0.2, 0) is 25.7 Å². The third kappa shape index (κ3) is 4.12. The van der Waals surface area contributed by atoms with Crippen LogP contribution in [0.15, 0.2) is 36.4 Å². The molecule has 0 saturated carbocycles. The molecular formula is C32H30N4O2S2.